The Labute approximate surface area is 124 Å². The van der Waals surface area contributed by atoms with Gasteiger partial charge in [-0.25, -0.2) is 0 Å². The molecule has 2 aromatic heterocycles. The molecule has 0 saturated heterocycles. The van der Waals surface area contributed by atoms with Crippen LogP contribution >= 0.6 is 38.5 Å². The van der Waals surface area contributed by atoms with Crippen molar-refractivity contribution in [2.45, 2.75) is 0 Å². The molecule has 18 heavy (non-hydrogen) atoms. The summed E-state index contributed by atoms with van der Waals surface area (Å²) >= 11 is 5.26. The molecule has 0 aliphatic rings. The fourth-order valence-electron chi connectivity index (χ4n) is 1.31. The van der Waals surface area contributed by atoms with E-state index in [1.807, 2.05) is 22.6 Å². The van der Waals surface area contributed by atoms with Gasteiger partial charge in [0.1, 0.15) is 0 Å². The van der Waals surface area contributed by atoms with Gasteiger partial charge in [-0.15, -0.1) is 0 Å². The standard InChI is InChI=1S/C9H6BrIN2O4S/c1-18(15,16)17-7-3-8(14)13-4-5(10)2-6(11)9(13)12-7/h2-4H,1H3. The number of rotatable bonds is 2. The minimum Gasteiger partial charge on any atom is -0.362 e. The van der Waals surface area contributed by atoms with E-state index in [0.29, 0.717) is 9.22 Å². The van der Waals surface area contributed by atoms with Gasteiger partial charge in [-0.3, -0.25) is 9.20 Å². The fourth-order valence-corrected chi connectivity index (χ4v) is 3.28. The zero-order chi connectivity index (χ0) is 13.5. The Kier molecular flexibility index (Phi) is 3.65. The van der Waals surface area contributed by atoms with Crippen molar-refractivity contribution in [2.75, 3.05) is 6.26 Å². The van der Waals surface area contributed by atoms with Gasteiger partial charge in [0.2, 0.25) is 5.88 Å². The van der Waals surface area contributed by atoms with Gasteiger partial charge in [0, 0.05) is 10.7 Å². The summed E-state index contributed by atoms with van der Waals surface area (Å²) in [7, 11) is -3.71. The average Bonchev–Trinajstić information content (AvgIpc) is 2.17. The molecule has 2 aromatic rings. The third-order valence-electron chi connectivity index (χ3n) is 1.90. The summed E-state index contributed by atoms with van der Waals surface area (Å²) in [6.45, 7) is 0. The van der Waals surface area contributed by atoms with Gasteiger partial charge in [-0.1, -0.05) is 0 Å². The highest BCUT2D eigenvalue weighted by Gasteiger charge is 2.11. The van der Waals surface area contributed by atoms with Gasteiger partial charge in [-0.2, -0.15) is 13.4 Å². The average molecular weight is 445 g/mol. The summed E-state index contributed by atoms with van der Waals surface area (Å²) < 4.78 is 29.3. The summed E-state index contributed by atoms with van der Waals surface area (Å²) in [6, 6.07) is 2.78. The Morgan fingerprint density at radius 1 is 1.44 bits per heavy atom. The van der Waals surface area contributed by atoms with Crippen LogP contribution < -0.4 is 9.74 Å². The predicted molar refractivity (Wildman–Crippen MR) is 77.4 cm³/mol. The molecule has 6 nitrogen and oxygen atoms in total. The molecular formula is C9H6BrIN2O4S. The molecule has 0 aliphatic carbocycles. The number of hydrogen-bond acceptors (Lipinski definition) is 5. The van der Waals surface area contributed by atoms with Crippen molar-refractivity contribution in [1.29, 1.82) is 0 Å². The van der Waals surface area contributed by atoms with Gasteiger partial charge in [0.25, 0.3) is 5.56 Å². The summed E-state index contributed by atoms with van der Waals surface area (Å²) in [5, 5.41) is 0. The smallest absolute Gasteiger partial charge is 0.307 e. The van der Waals surface area contributed by atoms with Gasteiger partial charge >= 0.3 is 10.1 Å². The number of pyridine rings is 1. The van der Waals surface area contributed by atoms with Crippen LogP contribution in [-0.4, -0.2) is 24.1 Å². The van der Waals surface area contributed by atoms with Crippen molar-refractivity contribution >= 4 is 54.3 Å². The molecule has 0 spiro atoms. The Morgan fingerprint density at radius 3 is 2.72 bits per heavy atom. The summed E-state index contributed by atoms with van der Waals surface area (Å²) in [5.74, 6) is -0.234. The maximum absolute atomic E-state index is 11.8. The second-order valence-corrected chi connectivity index (χ2v) is 7.07. The molecule has 2 heterocycles. The van der Waals surface area contributed by atoms with E-state index in [9.17, 15) is 13.2 Å². The van der Waals surface area contributed by atoms with Gasteiger partial charge in [0.05, 0.1) is 15.9 Å². The number of nitrogens with zero attached hydrogens (tertiary/aromatic N) is 2. The van der Waals surface area contributed by atoms with Crippen LogP contribution in [0.15, 0.2) is 27.6 Å². The highest BCUT2D eigenvalue weighted by molar-refractivity contribution is 14.1. The van der Waals surface area contributed by atoms with E-state index in [1.54, 1.807) is 12.3 Å². The number of halogens is 2. The lowest BCUT2D eigenvalue weighted by Crippen LogP contribution is -2.17. The van der Waals surface area contributed by atoms with Crippen molar-refractivity contribution in [3.05, 3.63) is 36.7 Å². The molecule has 0 N–H and O–H groups in total. The molecule has 0 radical (unpaired) electrons. The first-order valence-corrected chi connectivity index (χ1v) is 8.23. The zero-order valence-electron chi connectivity index (χ0n) is 8.92. The van der Waals surface area contributed by atoms with Gasteiger partial charge in [-0.05, 0) is 44.6 Å². The van der Waals surface area contributed by atoms with Crippen LogP contribution in [0.25, 0.3) is 5.65 Å². The highest BCUT2D eigenvalue weighted by Crippen LogP contribution is 2.19. The van der Waals surface area contributed by atoms with E-state index in [2.05, 4.69) is 25.1 Å². The van der Waals surface area contributed by atoms with Crippen molar-refractivity contribution < 1.29 is 12.6 Å². The molecule has 96 valence electrons. The third kappa shape index (κ3) is 3.01. The van der Waals surface area contributed by atoms with Crippen molar-refractivity contribution in [3.8, 4) is 5.88 Å². The number of hydrogen-bond donors (Lipinski definition) is 0. The van der Waals surface area contributed by atoms with Crippen LogP contribution in [0.1, 0.15) is 0 Å². The molecule has 0 atom stereocenters. The monoisotopic (exact) mass is 444 g/mol. The lowest BCUT2D eigenvalue weighted by Gasteiger charge is -2.06. The lowest BCUT2D eigenvalue weighted by molar-refractivity contribution is 0.482. The second-order valence-electron chi connectivity index (χ2n) is 3.42. The molecular weight excluding hydrogens is 439 g/mol. The van der Waals surface area contributed by atoms with E-state index in [0.717, 1.165) is 16.8 Å². The van der Waals surface area contributed by atoms with Crippen LogP contribution in [-0.2, 0) is 10.1 Å². The van der Waals surface area contributed by atoms with E-state index in [-0.39, 0.29) is 5.88 Å². The number of fused-ring (bicyclic) bond motifs is 1. The van der Waals surface area contributed by atoms with Crippen LogP contribution in [0.4, 0.5) is 0 Å². The molecule has 0 aromatic carbocycles. The van der Waals surface area contributed by atoms with Crippen molar-refractivity contribution in [2.24, 2.45) is 0 Å². The maximum Gasteiger partial charge on any atom is 0.307 e. The number of aromatic nitrogens is 2. The first-order chi connectivity index (χ1) is 8.26. The lowest BCUT2D eigenvalue weighted by atomic mass is 10.4. The predicted octanol–water partition coefficient (Wildman–Crippen LogP) is 1.40. The minimum atomic E-state index is -3.71. The van der Waals surface area contributed by atoms with E-state index < -0.39 is 15.7 Å². The topological polar surface area (TPSA) is 77.7 Å². The minimum absolute atomic E-state index is 0.234. The summed E-state index contributed by atoms with van der Waals surface area (Å²) in [5.41, 5.74) is -0.0807. The normalized spacial score (nSPS) is 11.7. The Balaban J connectivity index is 2.73. The van der Waals surface area contributed by atoms with E-state index in [4.69, 9.17) is 0 Å². The molecule has 0 fully saturated rings. The molecule has 0 aliphatic heterocycles. The Morgan fingerprint density at radius 2 is 2.11 bits per heavy atom. The van der Waals surface area contributed by atoms with Crippen molar-refractivity contribution in [3.63, 3.8) is 0 Å². The fraction of sp³-hybridized carbons (Fsp3) is 0.111. The van der Waals surface area contributed by atoms with Gasteiger partial charge in [0.15, 0.2) is 5.65 Å². The van der Waals surface area contributed by atoms with E-state index in [1.165, 1.54) is 4.40 Å². The quantitative estimate of drug-likeness (QED) is 0.516. The van der Waals surface area contributed by atoms with Gasteiger partial charge < -0.3 is 4.18 Å². The second kappa shape index (κ2) is 4.78. The molecule has 0 unspecified atom stereocenters. The third-order valence-corrected chi connectivity index (χ3v) is 3.60. The molecule has 0 saturated carbocycles. The summed E-state index contributed by atoms with van der Waals surface area (Å²) in [4.78, 5) is 15.8. The Hall–Kier alpha value is -0.680. The Bertz CT molecular complexity index is 787. The SMILES string of the molecule is CS(=O)(=O)Oc1cc(=O)n2cc(Br)cc(I)c2n1. The summed E-state index contributed by atoms with van der Waals surface area (Å²) in [6.07, 6.45) is 2.44. The molecule has 0 amide bonds. The molecule has 2 rings (SSSR count). The maximum atomic E-state index is 11.8. The largest absolute Gasteiger partial charge is 0.362 e. The zero-order valence-corrected chi connectivity index (χ0v) is 13.5. The van der Waals surface area contributed by atoms with Crippen molar-refractivity contribution in [1.82, 2.24) is 9.38 Å². The van der Waals surface area contributed by atoms with Crippen LogP contribution in [0.5, 0.6) is 5.88 Å². The van der Waals surface area contributed by atoms with E-state index >= 15 is 0 Å². The van der Waals surface area contributed by atoms with Crippen LogP contribution in [0.3, 0.4) is 0 Å². The first-order valence-electron chi connectivity index (χ1n) is 4.54. The molecule has 9 heteroatoms. The van der Waals surface area contributed by atoms with Crippen LogP contribution in [0.2, 0.25) is 0 Å². The van der Waals surface area contributed by atoms with Crippen LogP contribution in [0, 0.1) is 3.57 Å². The first kappa shape index (κ1) is 13.7. The molecule has 0 bridgehead atoms. The highest BCUT2D eigenvalue weighted by atomic mass is 127.